The monoisotopic (exact) mass is 264 g/mol. The van der Waals surface area contributed by atoms with Gasteiger partial charge in [-0.2, -0.15) is 0 Å². The molecule has 19 heavy (non-hydrogen) atoms. The van der Waals surface area contributed by atoms with E-state index in [-0.39, 0.29) is 17.3 Å². The Hall–Kier alpha value is -2.44. The Morgan fingerprint density at radius 3 is 2.68 bits per heavy atom. The number of nitrogens with one attached hydrogen (secondary N) is 1. The maximum atomic E-state index is 11.7. The number of nitrogens with zero attached hydrogens (tertiary/aromatic N) is 1. The van der Waals surface area contributed by atoms with E-state index in [2.05, 4.69) is 5.32 Å². The van der Waals surface area contributed by atoms with Gasteiger partial charge in [0, 0.05) is 12.1 Å². The van der Waals surface area contributed by atoms with Crippen molar-refractivity contribution in [2.24, 2.45) is 0 Å². The molecule has 7 nitrogen and oxygen atoms in total. The van der Waals surface area contributed by atoms with E-state index in [4.69, 9.17) is 4.74 Å². The second kappa shape index (κ2) is 5.47. The van der Waals surface area contributed by atoms with Gasteiger partial charge in [-0.05, 0) is 18.9 Å². The molecule has 1 aromatic carbocycles. The standard InChI is InChI=1S/C12H12N2O5/c15-11(13-8-5-6-8)7-19-12(16)9-3-1-2-4-10(9)14(17)18/h1-4,8H,5-7H2,(H,13,15). The zero-order chi connectivity index (χ0) is 13.8. The molecular weight excluding hydrogens is 252 g/mol. The van der Waals surface area contributed by atoms with Crippen LogP contribution in [-0.2, 0) is 9.53 Å². The van der Waals surface area contributed by atoms with Gasteiger partial charge < -0.3 is 10.1 Å². The molecule has 0 aliphatic heterocycles. The highest BCUT2D eigenvalue weighted by Gasteiger charge is 2.25. The van der Waals surface area contributed by atoms with Crippen molar-refractivity contribution in [2.75, 3.05) is 6.61 Å². The molecule has 100 valence electrons. The molecule has 0 aromatic heterocycles. The molecule has 7 heteroatoms. The molecule has 0 atom stereocenters. The molecule has 1 aliphatic rings. The van der Waals surface area contributed by atoms with Crippen LogP contribution >= 0.6 is 0 Å². The van der Waals surface area contributed by atoms with Crippen molar-refractivity contribution in [1.29, 1.82) is 0 Å². The highest BCUT2D eigenvalue weighted by molar-refractivity contribution is 5.95. The third-order valence-electron chi connectivity index (χ3n) is 2.60. The Labute approximate surface area is 108 Å². The molecule has 1 N–H and O–H groups in total. The summed E-state index contributed by atoms with van der Waals surface area (Å²) in [7, 11) is 0. The van der Waals surface area contributed by atoms with Crippen LogP contribution in [-0.4, -0.2) is 29.4 Å². The molecule has 0 radical (unpaired) electrons. The van der Waals surface area contributed by atoms with Crippen LogP contribution < -0.4 is 5.32 Å². The Balaban J connectivity index is 1.95. The van der Waals surface area contributed by atoms with Crippen molar-refractivity contribution in [2.45, 2.75) is 18.9 Å². The molecule has 1 aliphatic carbocycles. The summed E-state index contributed by atoms with van der Waals surface area (Å²) in [6.07, 6.45) is 1.87. The first-order valence-corrected chi connectivity index (χ1v) is 5.78. The van der Waals surface area contributed by atoms with Gasteiger partial charge in [0.25, 0.3) is 11.6 Å². The summed E-state index contributed by atoms with van der Waals surface area (Å²) in [4.78, 5) is 33.1. The summed E-state index contributed by atoms with van der Waals surface area (Å²) < 4.78 is 4.75. The molecule has 1 saturated carbocycles. The van der Waals surface area contributed by atoms with Gasteiger partial charge in [0.15, 0.2) is 6.61 Å². The van der Waals surface area contributed by atoms with Crippen molar-refractivity contribution in [1.82, 2.24) is 5.32 Å². The third kappa shape index (κ3) is 3.51. The number of ether oxygens (including phenoxy) is 1. The fourth-order valence-corrected chi connectivity index (χ4v) is 1.51. The normalized spacial score (nSPS) is 13.7. The molecule has 2 rings (SSSR count). The Morgan fingerprint density at radius 2 is 2.05 bits per heavy atom. The Bertz CT molecular complexity index is 525. The van der Waals surface area contributed by atoms with Gasteiger partial charge >= 0.3 is 5.97 Å². The lowest BCUT2D eigenvalue weighted by atomic mass is 10.2. The van der Waals surface area contributed by atoms with Gasteiger partial charge in [-0.15, -0.1) is 0 Å². The second-order valence-electron chi connectivity index (χ2n) is 4.19. The number of carbonyl (C=O) groups excluding carboxylic acids is 2. The second-order valence-corrected chi connectivity index (χ2v) is 4.19. The number of nitro groups is 1. The van der Waals surface area contributed by atoms with Gasteiger partial charge in [-0.3, -0.25) is 14.9 Å². The van der Waals surface area contributed by atoms with E-state index in [9.17, 15) is 19.7 Å². The summed E-state index contributed by atoms with van der Waals surface area (Å²) in [6.45, 7) is -0.429. The average molecular weight is 264 g/mol. The van der Waals surface area contributed by atoms with E-state index in [0.717, 1.165) is 12.8 Å². The lowest BCUT2D eigenvalue weighted by molar-refractivity contribution is -0.385. The fourth-order valence-electron chi connectivity index (χ4n) is 1.51. The quantitative estimate of drug-likeness (QED) is 0.486. The third-order valence-corrected chi connectivity index (χ3v) is 2.60. The summed E-state index contributed by atoms with van der Waals surface area (Å²) >= 11 is 0. The largest absolute Gasteiger partial charge is 0.452 e. The van der Waals surface area contributed by atoms with E-state index < -0.39 is 23.4 Å². The van der Waals surface area contributed by atoms with Crippen LogP contribution in [0.25, 0.3) is 0 Å². The maximum Gasteiger partial charge on any atom is 0.345 e. The maximum absolute atomic E-state index is 11.7. The number of esters is 1. The average Bonchev–Trinajstić information content (AvgIpc) is 3.19. The lowest BCUT2D eigenvalue weighted by Crippen LogP contribution is -2.30. The van der Waals surface area contributed by atoms with E-state index in [0.29, 0.717) is 0 Å². The van der Waals surface area contributed by atoms with Crippen molar-refractivity contribution < 1.29 is 19.2 Å². The zero-order valence-electron chi connectivity index (χ0n) is 10.00. The lowest BCUT2D eigenvalue weighted by Gasteiger charge is -2.05. The Kier molecular flexibility index (Phi) is 3.74. The number of hydrogen-bond donors (Lipinski definition) is 1. The molecule has 0 unspecified atom stereocenters. The number of benzene rings is 1. The van der Waals surface area contributed by atoms with Gasteiger partial charge in [0.1, 0.15) is 5.56 Å². The molecule has 0 saturated heterocycles. The van der Waals surface area contributed by atoms with Crippen LogP contribution in [0.3, 0.4) is 0 Å². The van der Waals surface area contributed by atoms with E-state index in [1.165, 1.54) is 24.3 Å². The predicted molar refractivity (Wildman–Crippen MR) is 64.5 cm³/mol. The zero-order valence-corrected chi connectivity index (χ0v) is 10.00. The molecule has 0 spiro atoms. The highest BCUT2D eigenvalue weighted by atomic mass is 16.6. The van der Waals surface area contributed by atoms with Crippen LogP contribution in [0.2, 0.25) is 0 Å². The van der Waals surface area contributed by atoms with Gasteiger partial charge in [-0.25, -0.2) is 4.79 Å². The summed E-state index contributed by atoms with van der Waals surface area (Å²) in [5, 5.41) is 13.4. The van der Waals surface area contributed by atoms with Crippen LogP contribution in [0.5, 0.6) is 0 Å². The van der Waals surface area contributed by atoms with E-state index in [1.54, 1.807) is 0 Å². The van der Waals surface area contributed by atoms with E-state index >= 15 is 0 Å². The Morgan fingerprint density at radius 1 is 1.37 bits per heavy atom. The number of nitro benzene ring substituents is 1. The smallest absolute Gasteiger partial charge is 0.345 e. The molecule has 1 amide bonds. The first-order chi connectivity index (χ1) is 9.08. The molecule has 0 bridgehead atoms. The molecular formula is C12H12N2O5. The minimum Gasteiger partial charge on any atom is -0.452 e. The minimum absolute atomic E-state index is 0.160. The van der Waals surface area contributed by atoms with Crippen molar-refractivity contribution in [3.05, 3.63) is 39.9 Å². The van der Waals surface area contributed by atoms with Crippen molar-refractivity contribution >= 4 is 17.6 Å². The number of rotatable bonds is 5. The van der Waals surface area contributed by atoms with Gasteiger partial charge in [0.05, 0.1) is 4.92 Å². The van der Waals surface area contributed by atoms with Gasteiger partial charge in [0.2, 0.25) is 0 Å². The highest BCUT2D eigenvalue weighted by Crippen LogP contribution is 2.19. The van der Waals surface area contributed by atoms with E-state index in [1.807, 2.05) is 0 Å². The van der Waals surface area contributed by atoms with Gasteiger partial charge in [-0.1, -0.05) is 12.1 Å². The SMILES string of the molecule is O=C(COC(=O)c1ccccc1[N+](=O)[O-])NC1CC1. The summed E-state index contributed by atoms with van der Waals surface area (Å²) in [5.74, 6) is -1.27. The first-order valence-electron chi connectivity index (χ1n) is 5.78. The first kappa shape index (κ1) is 13.0. The van der Waals surface area contributed by atoms with Crippen molar-refractivity contribution in [3.63, 3.8) is 0 Å². The summed E-state index contributed by atoms with van der Waals surface area (Å²) in [5.41, 5.74) is -0.498. The minimum atomic E-state index is -0.877. The van der Waals surface area contributed by atoms with Crippen LogP contribution in [0.4, 0.5) is 5.69 Å². The van der Waals surface area contributed by atoms with Crippen LogP contribution in [0, 0.1) is 10.1 Å². The van der Waals surface area contributed by atoms with Crippen LogP contribution in [0.1, 0.15) is 23.2 Å². The van der Waals surface area contributed by atoms with Crippen molar-refractivity contribution in [3.8, 4) is 0 Å². The molecule has 1 fully saturated rings. The summed E-state index contributed by atoms with van der Waals surface area (Å²) in [6, 6.07) is 5.63. The number of carbonyl (C=O) groups is 2. The molecule has 1 aromatic rings. The number of amides is 1. The topological polar surface area (TPSA) is 98.5 Å². The fraction of sp³-hybridized carbons (Fsp3) is 0.333. The molecule has 0 heterocycles. The predicted octanol–water partition coefficient (Wildman–Crippen LogP) is 1.03. The van der Waals surface area contributed by atoms with Crippen LogP contribution in [0.15, 0.2) is 24.3 Å². The number of para-hydroxylation sites is 1. The number of hydrogen-bond acceptors (Lipinski definition) is 5.